The summed E-state index contributed by atoms with van der Waals surface area (Å²) in [7, 11) is 0. The summed E-state index contributed by atoms with van der Waals surface area (Å²) in [6, 6.07) is 6.61. The predicted octanol–water partition coefficient (Wildman–Crippen LogP) is 1.32. The van der Waals surface area contributed by atoms with Gasteiger partial charge in [0.05, 0.1) is 6.04 Å². The molecule has 19 heavy (non-hydrogen) atoms. The first-order valence-corrected chi connectivity index (χ1v) is 6.76. The summed E-state index contributed by atoms with van der Waals surface area (Å²) >= 11 is 3.31. The van der Waals surface area contributed by atoms with E-state index in [9.17, 15) is 9.59 Å². The molecule has 6 heteroatoms. The average Bonchev–Trinajstić information content (AvgIpc) is 2.39. The lowest BCUT2D eigenvalue weighted by atomic mass is 9.96. The summed E-state index contributed by atoms with van der Waals surface area (Å²) < 4.78 is 0.886. The van der Waals surface area contributed by atoms with E-state index in [0.717, 1.165) is 4.47 Å². The summed E-state index contributed by atoms with van der Waals surface area (Å²) in [5.41, 5.74) is 6.40. The highest BCUT2D eigenvalue weighted by atomic mass is 79.9. The van der Waals surface area contributed by atoms with Gasteiger partial charge in [0.1, 0.15) is 11.8 Å². The summed E-state index contributed by atoms with van der Waals surface area (Å²) in [6.45, 7) is 1.87. The molecule has 0 fully saturated rings. The Morgan fingerprint density at radius 1 is 1.37 bits per heavy atom. The first-order chi connectivity index (χ1) is 9.02. The Kier molecular flexibility index (Phi) is 4.11. The fourth-order valence-corrected chi connectivity index (χ4v) is 2.10. The minimum Gasteiger partial charge on any atom is -0.321 e. The zero-order valence-corrected chi connectivity index (χ0v) is 12.0. The van der Waals surface area contributed by atoms with Crippen molar-refractivity contribution in [2.75, 3.05) is 0 Å². The second-order valence-electron chi connectivity index (χ2n) is 4.32. The highest BCUT2D eigenvalue weighted by Gasteiger charge is 2.34. The molecule has 1 aliphatic heterocycles. The van der Waals surface area contributed by atoms with Crippen LogP contribution in [0.2, 0.25) is 0 Å². The van der Waals surface area contributed by atoms with Crippen molar-refractivity contribution in [2.24, 2.45) is 10.7 Å². The Morgan fingerprint density at radius 3 is 2.53 bits per heavy atom. The number of hydrogen-bond acceptors (Lipinski definition) is 3. The molecule has 1 aromatic carbocycles. The molecule has 1 heterocycles. The first kappa shape index (κ1) is 13.9. The van der Waals surface area contributed by atoms with Crippen LogP contribution in [0, 0.1) is 0 Å². The maximum absolute atomic E-state index is 12.0. The Hall–Kier alpha value is -1.53. The van der Waals surface area contributed by atoms with Crippen molar-refractivity contribution >= 4 is 33.6 Å². The van der Waals surface area contributed by atoms with E-state index >= 15 is 0 Å². The maximum atomic E-state index is 12.0. The van der Waals surface area contributed by atoms with Gasteiger partial charge in [0, 0.05) is 4.47 Å². The number of rotatable bonds is 3. The molecule has 0 saturated heterocycles. The van der Waals surface area contributed by atoms with Gasteiger partial charge in [-0.1, -0.05) is 35.0 Å². The van der Waals surface area contributed by atoms with Gasteiger partial charge in [0.25, 0.3) is 5.91 Å². The summed E-state index contributed by atoms with van der Waals surface area (Å²) in [6.07, 6.45) is 0.606. The second-order valence-corrected chi connectivity index (χ2v) is 5.24. The number of benzene rings is 1. The molecule has 2 rings (SSSR count). The fraction of sp³-hybridized carbons (Fsp3) is 0.308. The SMILES string of the molecule is CCC(N)C1=NC(=O)C(c2ccc(Br)cc2)C(=O)N1. The van der Waals surface area contributed by atoms with E-state index in [2.05, 4.69) is 26.2 Å². The van der Waals surface area contributed by atoms with E-state index in [-0.39, 0.29) is 11.7 Å². The zero-order valence-electron chi connectivity index (χ0n) is 10.4. The van der Waals surface area contributed by atoms with E-state index in [1.54, 1.807) is 24.3 Å². The molecule has 0 bridgehead atoms. The number of amidine groups is 1. The molecule has 1 aromatic rings. The molecule has 1 aliphatic rings. The average molecular weight is 324 g/mol. The topological polar surface area (TPSA) is 84.5 Å². The molecule has 0 aliphatic carbocycles. The molecule has 0 aromatic heterocycles. The number of hydrogen-bond donors (Lipinski definition) is 2. The van der Waals surface area contributed by atoms with Gasteiger partial charge in [-0.15, -0.1) is 0 Å². The van der Waals surface area contributed by atoms with Crippen molar-refractivity contribution in [2.45, 2.75) is 25.3 Å². The fourth-order valence-electron chi connectivity index (χ4n) is 1.84. The minimum atomic E-state index is -0.888. The number of carbonyl (C=O) groups excluding carboxylic acids is 2. The summed E-state index contributed by atoms with van der Waals surface area (Å²) in [4.78, 5) is 27.9. The third-order valence-electron chi connectivity index (χ3n) is 2.99. The third-order valence-corrected chi connectivity index (χ3v) is 3.51. The molecule has 2 atom stereocenters. The third kappa shape index (κ3) is 2.90. The van der Waals surface area contributed by atoms with Crippen molar-refractivity contribution in [3.8, 4) is 0 Å². The van der Waals surface area contributed by atoms with Gasteiger partial charge in [0.2, 0.25) is 5.91 Å². The predicted molar refractivity (Wildman–Crippen MR) is 75.7 cm³/mol. The number of amides is 2. The largest absolute Gasteiger partial charge is 0.321 e. The van der Waals surface area contributed by atoms with E-state index in [1.807, 2.05) is 6.92 Å². The van der Waals surface area contributed by atoms with Gasteiger partial charge in [-0.2, -0.15) is 4.99 Å². The van der Waals surface area contributed by atoms with Gasteiger partial charge in [-0.05, 0) is 24.1 Å². The zero-order chi connectivity index (χ0) is 14.0. The van der Waals surface area contributed by atoms with Crippen LogP contribution in [-0.4, -0.2) is 23.7 Å². The van der Waals surface area contributed by atoms with Gasteiger partial charge >= 0.3 is 0 Å². The van der Waals surface area contributed by atoms with Gasteiger partial charge in [-0.25, -0.2) is 0 Å². The number of nitrogens with two attached hydrogens (primary N) is 1. The smallest absolute Gasteiger partial charge is 0.264 e. The number of nitrogens with one attached hydrogen (secondary N) is 1. The van der Waals surface area contributed by atoms with Crippen LogP contribution in [-0.2, 0) is 9.59 Å². The normalized spacial score (nSPS) is 20.8. The lowest BCUT2D eigenvalue weighted by Gasteiger charge is -2.23. The second kappa shape index (κ2) is 5.63. The van der Waals surface area contributed by atoms with Crippen molar-refractivity contribution in [3.05, 3.63) is 34.3 Å². The monoisotopic (exact) mass is 323 g/mol. The molecular weight excluding hydrogens is 310 g/mol. The molecule has 2 unspecified atom stereocenters. The lowest BCUT2D eigenvalue weighted by Crippen LogP contribution is -2.50. The first-order valence-electron chi connectivity index (χ1n) is 5.97. The van der Waals surface area contributed by atoms with Gasteiger partial charge in [0.15, 0.2) is 0 Å². The molecule has 2 amide bonds. The minimum absolute atomic E-state index is 0.255. The molecule has 0 radical (unpaired) electrons. The van der Waals surface area contributed by atoms with Crippen LogP contribution < -0.4 is 11.1 Å². The maximum Gasteiger partial charge on any atom is 0.264 e. The van der Waals surface area contributed by atoms with Gasteiger partial charge in [-0.3, -0.25) is 9.59 Å². The highest BCUT2D eigenvalue weighted by Crippen LogP contribution is 2.22. The van der Waals surface area contributed by atoms with E-state index in [1.165, 1.54) is 0 Å². The van der Waals surface area contributed by atoms with E-state index < -0.39 is 17.9 Å². The van der Waals surface area contributed by atoms with Crippen LogP contribution in [0.4, 0.5) is 0 Å². The van der Waals surface area contributed by atoms with Crippen molar-refractivity contribution in [1.82, 2.24) is 5.32 Å². The van der Waals surface area contributed by atoms with Crippen molar-refractivity contribution < 1.29 is 9.59 Å². The molecule has 0 saturated carbocycles. The van der Waals surface area contributed by atoms with Crippen molar-refractivity contribution in [1.29, 1.82) is 0 Å². The number of halogens is 1. The van der Waals surface area contributed by atoms with Crippen molar-refractivity contribution in [3.63, 3.8) is 0 Å². The number of nitrogens with zero attached hydrogens (tertiary/aromatic N) is 1. The van der Waals surface area contributed by atoms with Crippen LogP contribution in [0.1, 0.15) is 24.8 Å². The Bertz CT molecular complexity index is 539. The van der Waals surface area contributed by atoms with Gasteiger partial charge < -0.3 is 11.1 Å². The Labute approximate surface area is 119 Å². The quantitative estimate of drug-likeness (QED) is 0.823. The molecule has 100 valence electrons. The van der Waals surface area contributed by atoms with Crippen LogP contribution in [0.25, 0.3) is 0 Å². The molecular formula is C13H14BrN3O2. The molecule has 3 N–H and O–H groups in total. The summed E-state index contributed by atoms with van der Waals surface area (Å²) in [5, 5.41) is 2.61. The van der Waals surface area contributed by atoms with Crippen LogP contribution in [0.5, 0.6) is 0 Å². The van der Waals surface area contributed by atoms with Crippen LogP contribution in [0.3, 0.4) is 0 Å². The van der Waals surface area contributed by atoms with E-state index in [4.69, 9.17) is 5.73 Å². The molecule has 5 nitrogen and oxygen atoms in total. The Balaban J connectivity index is 2.30. The lowest BCUT2D eigenvalue weighted by molar-refractivity contribution is -0.129. The molecule has 0 spiro atoms. The standard InChI is InChI=1S/C13H14BrN3O2/c1-2-9(15)11-16-12(18)10(13(19)17-11)7-3-5-8(14)6-4-7/h3-6,9-10H,2,15H2,1H3,(H,16,17,18,19). The summed E-state index contributed by atoms with van der Waals surface area (Å²) in [5.74, 6) is -1.47. The number of carbonyl (C=O) groups is 2. The number of aliphatic imine (C=N–C) groups is 1. The van der Waals surface area contributed by atoms with Crippen LogP contribution in [0.15, 0.2) is 33.7 Å². The van der Waals surface area contributed by atoms with Crippen LogP contribution >= 0.6 is 15.9 Å². The Morgan fingerprint density at radius 2 is 2.00 bits per heavy atom. The highest BCUT2D eigenvalue weighted by molar-refractivity contribution is 9.10. The van der Waals surface area contributed by atoms with E-state index in [0.29, 0.717) is 12.0 Å².